The minimum absolute atomic E-state index is 0.170. The Hall–Kier alpha value is -0.860. The monoisotopic (exact) mass is 297 g/mol. The molecule has 3 nitrogen and oxygen atoms in total. The van der Waals surface area contributed by atoms with Crippen molar-refractivity contribution in [3.63, 3.8) is 0 Å². The van der Waals surface area contributed by atoms with Crippen molar-refractivity contribution in [2.45, 2.75) is 103 Å². The quantitative estimate of drug-likeness (QED) is 0.411. The summed E-state index contributed by atoms with van der Waals surface area (Å²) < 4.78 is 0. The molecule has 0 bridgehead atoms. The molecule has 0 aliphatic heterocycles. The number of carbonyl (C=O) groups excluding carboxylic acids is 2. The fourth-order valence-corrected chi connectivity index (χ4v) is 2.62. The van der Waals surface area contributed by atoms with Gasteiger partial charge in [0.1, 0.15) is 5.78 Å². The van der Waals surface area contributed by atoms with Gasteiger partial charge in [-0.25, -0.2) is 0 Å². The summed E-state index contributed by atoms with van der Waals surface area (Å²) in [5.74, 6) is 0.154. The maximum absolute atomic E-state index is 10.8. The summed E-state index contributed by atoms with van der Waals surface area (Å²) in [6.45, 7) is 1.68. The molecule has 21 heavy (non-hydrogen) atoms. The van der Waals surface area contributed by atoms with Crippen LogP contribution in [0.25, 0.3) is 0 Å². The number of carbonyl (C=O) groups is 2. The molecule has 0 atom stereocenters. The van der Waals surface area contributed by atoms with E-state index >= 15 is 0 Å². The number of Topliss-reactive ketones (excluding diaryl/α,β-unsaturated/α-hetero) is 1. The average molecular weight is 297 g/mol. The molecule has 2 N–H and O–H groups in total. The smallest absolute Gasteiger partial charge is 0.217 e. The van der Waals surface area contributed by atoms with Gasteiger partial charge in [0.25, 0.3) is 0 Å². The van der Waals surface area contributed by atoms with E-state index in [9.17, 15) is 9.59 Å². The Morgan fingerprint density at radius 3 is 1.14 bits per heavy atom. The highest BCUT2D eigenvalue weighted by molar-refractivity contribution is 5.75. The van der Waals surface area contributed by atoms with E-state index in [1.165, 1.54) is 64.2 Å². The van der Waals surface area contributed by atoms with E-state index in [0.29, 0.717) is 12.2 Å². The molecule has 1 amide bonds. The maximum atomic E-state index is 10.8. The first-order valence-electron chi connectivity index (χ1n) is 8.90. The minimum Gasteiger partial charge on any atom is -0.370 e. The van der Waals surface area contributed by atoms with Crippen molar-refractivity contribution < 1.29 is 9.59 Å². The molecule has 0 heterocycles. The van der Waals surface area contributed by atoms with Crippen LogP contribution in [0.3, 0.4) is 0 Å². The van der Waals surface area contributed by atoms with E-state index in [-0.39, 0.29) is 5.91 Å². The number of hydrogen-bond acceptors (Lipinski definition) is 2. The summed E-state index contributed by atoms with van der Waals surface area (Å²) in [4.78, 5) is 21.3. The van der Waals surface area contributed by atoms with Gasteiger partial charge in [-0.05, 0) is 19.8 Å². The number of unbranched alkanes of at least 4 members (excludes halogenated alkanes) is 12. The molecule has 0 aliphatic rings. The van der Waals surface area contributed by atoms with Crippen molar-refractivity contribution in [2.75, 3.05) is 0 Å². The highest BCUT2D eigenvalue weighted by Gasteiger charge is 1.96. The number of rotatable bonds is 16. The lowest BCUT2D eigenvalue weighted by Gasteiger charge is -2.03. The second-order valence-corrected chi connectivity index (χ2v) is 6.26. The molecule has 0 rings (SSSR count). The van der Waals surface area contributed by atoms with Gasteiger partial charge < -0.3 is 10.5 Å². The van der Waals surface area contributed by atoms with Crippen LogP contribution in [0.15, 0.2) is 0 Å². The zero-order chi connectivity index (χ0) is 15.8. The van der Waals surface area contributed by atoms with Gasteiger partial charge in [0.05, 0.1) is 0 Å². The summed E-state index contributed by atoms with van der Waals surface area (Å²) in [6, 6.07) is 0. The summed E-state index contributed by atoms with van der Waals surface area (Å²) in [7, 11) is 0. The second kappa shape index (κ2) is 15.5. The van der Waals surface area contributed by atoms with E-state index in [1.54, 1.807) is 6.92 Å². The van der Waals surface area contributed by atoms with Crippen molar-refractivity contribution >= 4 is 11.7 Å². The van der Waals surface area contributed by atoms with Gasteiger partial charge in [0.15, 0.2) is 0 Å². The molecule has 0 radical (unpaired) electrons. The van der Waals surface area contributed by atoms with Gasteiger partial charge in [-0.2, -0.15) is 0 Å². The zero-order valence-corrected chi connectivity index (χ0v) is 14.0. The fourth-order valence-electron chi connectivity index (χ4n) is 2.62. The molecule has 0 saturated carbocycles. The molecule has 0 aromatic rings. The van der Waals surface area contributed by atoms with Crippen LogP contribution in [0.5, 0.6) is 0 Å². The fraction of sp³-hybridized carbons (Fsp3) is 0.889. The van der Waals surface area contributed by atoms with E-state index < -0.39 is 0 Å². The third-order valence-electron chi connectivity index (χ3n) is 3.95. The molecule has 0 unspecified atom stereocenters. The highest BCUT2D eigenvalue weighted by atomic mass is 16.1. The molecular formula is C18H35NO2. The Balaban J connectivity index is 2.99. The molecule has 0 aliphatic carbocycles. The van der Waals surface area contributed by atoms with Crippen LogP contribution in [0, 0.1) is 0 Å². The van der Waals surface area contributed by atoms with Gasteiger partial charge in [0.2, 0.25) is 5.91 Å². The van der Waals surface area contributed by atoms with Crippen LogP contribution in [0.4, 0.5) is 0 Å². The highest BCUT2D eigenvalue weighted by Crippen LogP contribution is 2.13. The van der Waals surface area contributed by atoms with Crippen molar-refractivity contribution in [3.8, 4) is 0 Å². The Kier molecular flexibility index (Phi) is 14.9. The average Bonchev–Trinajstić information content (AvgIpc) is 2.42. The normalized spacial score (nSPS) is 10.7. The van der Waals surface area contributed by atoms with Gasteiger partial charge in [-0.3, -0.25) is 4.79 Å². The molecule has 3 heteroatoms. The molecule has 0 aromatic carbocycles. The van der Waals surface area contributed by atoms with E-state index in [4.69, 9.17) is 5.73 Å². The number of nitrogens with two attached hydrogens (primary N) is 1. The van der Waals surface area contributed by atoms with Gasteiger partial charge >= 0.3 is 0 Å². The van der Waals surface area contributed by atoms with Crippen LogP contribution in [-0.4, -0.2) is 11.7 Å². The van der Waals surface area contributed by atoms with Crippen LogP contribution in [-0.2, 0) is 9.59 Å². The summed E-state index contributed by atoms with van der Waals surface area (Å²) in [5.41, 5.74) is 5.10. The first-order chi connectivity index (χ1) is 10.1. The summed E-state index contributed by atoms with van der Waals surface area (Å²) in [5, 5.41) is 0. The molecule has 0 spiro atoms. The lowest BCUT2D eigenvalue weighted by atomic mass is 10.0. The lowest BCUT2D eigenvalue weighted by Crippen LogP contribution is -2.09. The van der Waals surface area contributed by atoms with Crippen molar-refractivity contribution in [3.05, 3.63) is 0 Å². The number of ketones is 1. The first kappa shape index (κ1) is 20.1. The van der Waals surface area contributed by atoms with Gasteiger partial charge in [0, 0.05) is 12.8 Å². The summed E-state index contributed by atoms with van der Waals surface area (Å²) in [6.07, 6.45) is 17.6. The van der Waals surface area contributed by atoms with Crippen LogP contribution in [0.2, 0.25) is 0 Å². The largest absolute Gasteiger partial charge is 0.370 e. The zero-order valence-electron chi connectivity index (χ0n) is 14.0. The Morgan fingerprint density at radius 2 is 0.857 bits per heavy atom. The Bertz CT molecular complexity index is 238. The SMILES string of the molecule is CC(=O)CCCCCCCCCCCCCCCC(N)=O. The Morgan fingerprint density at radius 1 is 0.571 bits per heavy atom. The van der Waals surface area contributed by atoms with Gasteiger partial charge in [-0.1, -0.05) is 70.6 Å². The molecular weight excluding hydrogens is 262 g/mol. The number of hydrogen-bond donors (Lipinski definition) is 1. The second-order valence-electron chi connectivity index (χ2n) is 6.26. The maximum Gasteiger partial charge on any atom is 0.217 e. The van der Waals surface area contributed by atoms with Crippen molar-refractivity contribution in [1.29, 1.82) is 0 Å². The number of amides is 1. The topological polar surface area (TPSA) is 60.2 Å². The molecule has 0 aromatic heterocycles. The third kappa shape index (κ3) is 19.1. The van der Waals surface area contributed by atoms with Crippen LogP contribution < -0.4 is 5.73 Å². The minimum atomic E-state index is -0.170. The third-order valence-corrected chi connectivity index (χ3v) is 3.95. The van der Waals surface area contributed by atoms with E-state index in [2.05, 4.69) is 0 Å². The van der Waals surface area contributed by atoms with Crippen molar-refractivity contribution in [1.82, 2.24) is 0 Å². The van der Waals surface area contributed by atoms with Crippen LogP contribution >= 0.6 is 0 Å². The van der Waals surface area contributed by atoms with Crippen molar-refractivity contribution in [2.24, 2.45) is 5.73 Å². The van der Waals surface area contributed by atoms with E-state index in [0.717, 1.165) is 25.7 Å². The van der Waals surface area contributed by atoms with Gasteiger partial charge in [-0.15, -0.1) is 0 Å². The van der Waals surface area contributed by atoms with Crippen LogP contribution in [0.1, 0.15) is 103 Å². The molecule has 0 fully saturated rings. The predicted octanol–water partition coefficient (Wildman–Crippen LogP) is 4.91. The molecule has 0 saturated heterocycles. The lowest BCUT2D eigenvalue weighted by molar-refractivity contribution is -0.118. The molecule has 124 valence electrons. The standard InChI is InChI=1S/C18H35NO2/c1-17(20)15-13-11-9-7-5-3-2-4-6-8-10-12-14-16-18(19)21/h2-16H2,1H3,(H2,19,21). The summed E-state index contributed by atoms with van der Waals surface area (Å²) >= 11 is 0. The predicted molar refractivity (Wildman–Crippen MR) is 89.1 cm³/mol. The number of primary amides is 1. The van der Waals surface area contributed by atoms with E-state index in [1.807, 2.05) is 0 Å². The first-order valence-corrected chi connectivity index (χ1v) is 8.90. The Labute approximate surface area is 131 Å².